The van der Waals surface area contributed by atoms with Crippen LogP contribution in [0.25, 0.3) is 0 Å². The quantitative estimate of drug-likeness (QED) is 0.627. The van der Waals surface area contributed by atoms with E-state index >= 15 is 0 Å². The molecule has 0 saturated carbocycles. The zero-order valence-electron chi connectivity index (χ0n) is 14.4. The Morgan fingerprint density at radius 1 is 1.21 bits per heavy atom. The molecule has 1 aromatic rings. The fourth-order valence-corrected chi connectivity index (χ4v) is 2.74. The van der Waals surface area contributed by atoms with Gasteiger partial charge in [0, 0.05) is 25.5 Å². The summed E-state index contributed by atoms with van der Waals surface area (Å²) in [5, 5.41) is 10.2. The molecule has 1 aliphatic heterocycles. The number of unbranched alkanes of at least 4 members (excludes halogenated alkanes) is 3. The smallest absolute Gasteiger partial charge is 0.202 e. The zero-order chi connectivity index (χ0) is 17.2. The lowest BCUT2D eigenvalue weighted by atomic mass is 10.1. The van der Waals surface area contributed by atoms with Gasteiger partial charge >= 0.3 is 0 Å². The Bertz CT molecular complexity index is 524. The SMILES string of the molecule is CCCCCCC1=CC(=O)C(C(O)CCOCc2ccccc2)O1. The highest BCUT2D eigenvalue weighted by atomic mass is 16.5. The van der Waals surface area contributed by atoms with Crippen molar-refractivity contribution in [3.8, 4) is 0 Å². The summed E-state index contributed by atoms with van der Waals surface area (Å²) in [4.78, 5) is 12.0. The molecule has 0 saturated heterocycles. The molecule has 0 aliphatic carbocycles. The molecule has 2 rings (SSSR count). The summed E-state index contributed by atoms with van der Waals surface area (Å²) in [5.41, 5.74) is 1.09. The van der Waals surface area contributed by atoms with Crippen LogP contribution in [0.1, 0.15) is 51.0 Å². The highest BCUT2D eigenvalue weighted by Crippen LogP contribution is 2.23. The van der Waals surface area contributed by atoms with Crippen LogP contribution in [0.3, 0.4) is 0 Å². The lowest BCUT2D eigenvalue weighted by molar-refractivity contribution is -0.126. The van der Waals surface area contributed by atoms with E-state index in [0.717, 1.165) is 24.8 Å². The second-order valence-corrected chi connectivity index (χ2v) is 6.26. The molecule has 4 nitrogen and oxygen atoms in total. The summed E-state index contributed by atoms with van der Waals surface area (Å²) in [5.74, 6) is 0.585. The van der Waals surface area contributed by atoms with Crippen molar-refractivity contribution in [1.29, 1.82) is 0 Å². The molecule has 0 radical (unpaired) electrons. The summed E-state index contributed by atoms with van der Waals surface area (Å²) in [6.07, 6.45) is 5.69. The Morgan fingerprint density at radius 3 is 2.75 bits per heavy atom. The van der Waals surface area contributed by atoms with Crippen molar-refractivity contribution >= 4 is 5.78 Å². The normalized spacial score (nSPS) is 18.3. The average molecular weight is 332 g/mol. The van der Waals surface area contributed by atoms with Gasteiger partial charge in [0.1, 0.15) is 11.9 Å². The molecule has 1 aromatic carbocycles. The lowest BCUT2D eigenvalue weighted by Gasteiger charge is -2.18. The topological polar surface area (TPSA) is 55.8 Å². The Labute approximate surface area is 144 Å². The predicted molar refractivity (Wildman–Crippen MR) is 93.4 cm³/mol. The Morgan fingerprint density at radius 2 is 2.00 bits per heavy atom. The summed E-state index contributed by atoms with van der Waals surface area (Å²) < 4.78 is 11.2. The second kappa shape index (κ2) is 10.3. The fourth-order valence-electron chi connectivity index (χ4n) is 2.74. The Kier molecular flexibility index (Phi) is 7.99. The van der Waals surface area contributed by atoms with Crippen LogP contribution < -0.4 is 0 Å². The highest BCUT2D eigenvalue weighted by Gasteiger charge is 2.32. The van der Waals surface area contributed by atoms with E-state index in [-0.39, 0.29) is 5.78 Å². The monoisotopic (exact) mass is 332 g/mol. The first kappa shape index (κ1) is 18.7. The van der Waals surface area contributed by atoms with Crippen molar-refractivity contribution in [2.24, 2.45) is 0 Å². The van der Waals surface area contributed by atoms with E-state index in [1.54, 1.807) is 6.08 Å². The first-order valence-electron chi connectivity index (χ1n) is 8.91. The molecule has 0 aromatic heterocycles. The zero-order valence-corrected chi connectivity index (χ0v) is 14.4. The number of hydrogen-bond acceptors (Lipinski definition) is 4. The number of aliphatic hydroxyl groups is 1. The van der Waals surface area contributed by atoms with Gasteiger partial charge in [0.2, 0.25) is 5.78 Å². The summed E-state index contributed by atoms with van der Waals surface area (Å²) >= 11 is 0. The van der Waals surface area contributed by atoms with E-state index in [0.29, 0.717) is 25.4 Å². The van der Waals surface area contributed by atoms with Gasteiger partial charge in [-0.2, -0.15) is 0 Å². The van der Waals surface area contributed by atoms with E-state index in [4.69, 9.17) is 9.47 Å². The number of allylic oxidation sites excluding steroid dienone is 1. The molecule has 2 atom stereocenters. The molecule has 0 bridgehead atoms. The van der Waals surface area contributed by atoms with Crippen molar-refractivity contribution in [3.05, 3.63) is 47.7 Å². The number of rotatable bonds is 11. The van der Waals surface area contributed by atoms with E-state index < -0.39 is 12.2 Å². The van der Waals surface area contributed by atoms with Gasteiger partial charge in [-0.15, -0.1) is 0 Å². The number of aliphatic hydroxyl groups excluding tert-OH is 1. The Balaban J connectivity index is 1.64. The highest BCUT2D eigenvalue weighted by molar-refractivity contribution is 5.96. The third-order valence-corrected chi connectivity index (χ3v) is 4.16. The van der Waals surface area contributed by atoms with Crippen molar-refractivity contribution < 1.29 is 19.4 Å². The molecule has 132 valence electrons. The predicted octanol–water partition coefficient (Wildman–Crippen LogP) is 3.78. The van der Waals surface area contributed by atoms with Crippen molar-refractivity contribution in [2.45, 2.75) is 64.3 Å². The van der Waals surface area contributed by atoms with E-state index in [2.05, 4.69) is 6.92 Å². The molecule has 2 unspecified atom stereocenters. The Hall–Kier alpha value is -1.65. The van der Waals surface area contributed by atoms with Crippen LogP contribution in [0.5, 0.6) is 0 Å². The number of carbonyl (C=O) groups excluding carboxylic acids is 1. The van der Waals surface area contributed by atoms with Gasteiger partial charge in [-0.3, -0.25) is 4.79 Å². The van der Waals surface area contributed by atoms with Gasteiger partial charge in [0.15, 0.2) is 6.10 Å². The van der Waals surface area contributed by atoms with Crippen molar-refractivity contribution in [1.82, 2.24) is 0 Å². The van der Waals surface area contributed by atoms with Crippen molar-refractivity contribution in [2.75, 3.05) is 6.61 Å². The van der Waals surface area contributed by atoms with Gasteiger partial charge in [-0.25, -0.2) is 0 Å². The lowest BCUT2D eigenvalue weighted by Crippen LogP contribution is -2.33. The minimum Gasteiger partial charge on any atom is -0.484 e. The third-order valence-electron chi connectivity index (χ3n) is 4.16. The molecule has 1 heterocycles. The first-order chi connectivity index (χ1) is 11.7. The number of benzene rings is 1. The number of carbonyl (C=O) groups is 1. The number of hydrogen-bond donors (Lipinski definition) is 1. The largest absolute Gasteiger partial charge is 0.484 e. The molecule has 1 aliphatic rings. The third kappa shape index (κ3) is 6.10. The molecular formula is C20H28O4. The summed E-state index contributed by atoms with van der Waals surface area (Å²) in [6.45, 7) is 3.07. The van der Waals surface area contributed by atoms with Crippen LogP contribution in [0.4, 0.5) is 0 Å². The molecule has 0 spiro atoms. The van der Waals surface area contributed by atoms with Gasteiger partial charge in [-0.1, -0.05) is 56.5 Å². The van der Waals surface area contributed by atoms with Crippen LogP contribution in [-0.4, -0.2) is 29.7 Å². The standard InChI is InChI=1S/C20H28O4/c1-2-3-4-8-11-17-14-19(22)20(24-17)18(21)12-13-23-15-16-9-6-5-7-10-16/h5-7,9-10,14,18,20-21H,2-4,8,11-13,15H2,1H3. The van der Waals surface area contributed by atoms with E-state index in [9.17, 15) is 9.90 Å². The first-order valence-corrected chi connectivity index (χ1v) is 8.91. The van der Waals surface area contributed by atoms with Crippen LogP contribution >= 0.6 is 0 Å². The molecule has 24 heavy (non-hydrogen) atoms. The van der Waals surface area contributed by atoms with Gasteiger partial charge in [0.25, 0.3) is 0 Å². The van der Waals surface area contributed by atoms with Crippen LogP contribution in [0, 0.1) is 0 Å². The second-order valence-electron chi connectivity index (χ2n) is 6.26. The van der Waals surface area contributed by atoms with Crippen LogP contribution in [0.15, 0.2) is 42.2 Å². The van der Waals surface area contributed by atoms with Gasteiger partial charge in [-0.05, 0) is 12.0 Å². The number of ketones is 1. The number of ether oxygens (including phenoxy) is 2. The maximum Gasteiger partial charge on any atom is 0.202 e. The van der Waals surface area contributed by atoms with Crippen molar-refractivity contribution in [3.63, 3.8) is 0 Å². The average Bonchev–Trinajstić information content (AvgIpc) is 2.97. The minimum atomic E-state index is -0.822. The molecule has 4 heteroatoms. The van der Waals surface area contributed by atoms with Crippen LogP contribution in [0.2, 0.25) is 0 Å². The molecule has 0 fully saturated rings. The summed E-state index contributed by atoms with van der Waals surface area (Å²) in [6, 6.07) is 9.88. The van der Waals surface area contributed by atoms with Gasteiger partial charge < -0.3 is 14.6 Å². The molecule has 0 amide bonds. The minimum absolute atomic E-state index is 0.129. The van der Waals surface area contributed by atoms with Crippen LogP contribution in [-0.2, 0) is 20.9 Å². The van der Waals surface area contributed by atoms with Gasteiger partial charge in [0.05, 0.1) is 6.61 Å². The van der Waals surface area contributed by atoms with E-state index in [1.807, 2.05) is 30.3 Å². The summed E-state index contributed by atoms with van der Waals surface area (Å²) in [7, 11) is 0. The van der Waals surface area contributed by atoms with E-state index in [1.165, 1.54) is 12.8 Å². The molecular weight excluding hydrogens is 304 g/mol. The maximum absolute atomic E-state index is 12.0. The fraction of sp³-hybridized carbons (Fsp3) is 0.550. The molecule has 1 N–H and O–H groups in total. The maximum atomic E-state index is 12.0.